The van der Waals surface area contributed by atoms with Gasteiger partial charge in [-0.1, -0.05) is 6.58 Å². The minimum absolute atomic E-state index is 0.535. The molecule has 0 radical (unpaired) electrons. The summed E-state index contributed by atoms with van der Waals surface area (Å²) in [6, 6.07) is 0. The van der Waals surface area contributed by atoms with Crippen molar-refractivity contribution in [2.24, 2.45) is 0 Å². The van der Waals surface area contributed by atoms with Crippen LogP contribution in [0, 0.1) is 0 Å². The molecule has 0 aromatic heterocycles. The van der Waals surface area contributed by atoms with Crippen molar-refractivity contribution in [3.05, 3.63) is 12.7 Å². The minimum Gasteiger partial charge on any atom is -0.374 e. The van der Waals surface area contributed by atoms with E-state index in [1.807, 2.05) is 0 Å². The van der Waals surface area contributed by atoms with E-state index >= 15 is 0 Å². The molecule has 11 heavy (non-hydrogen) atoms. The molecule has 0 fully saturated rings. The molecular formula is C6H12N2O3. The molecule has 64 valence electrons. The van der Waals surface area contributed by atoms with Gasteiger partial charge >= 0.3 is 0 Å². The standard InChI is InChI=1S/C6H12N2O3/c1-3-4(9)8-6(11)5(10)7-2/h3,5-7,10-11H,1H2,2H3,(H,8,9). The summed E-state index contributed by atoms with van der Waals surface area (Å²) >= 11 is 0. The molecule has 0 aromatic carbocycles. The van der Waals surface area contributed by atoms with Crippen LogP contribution in [0.25, 0.3) is 0 Å². The normalized spacial score (nSPS) is 15.2. The SMILES string of the molecule is C=CC(=O)NC(O)C(O)NC. The Bertz CT molecular complexity index is 149. The average molecular weight is 160 g/mol. The highest BCUT2D eigenvalue weighted by Gasteiger charge is 2.14. The molecule has 1 amide bonds. The van der Waals surface area contributed by atoms with Crippen molar-refractivity contribution in [1.29, 1.82) is 0 Å². The van der Waals surface area contributed by atoms with Gasteiger partial charge in [0.2, 0.25) is 5.91 Å². The van der Waals surface area contributed by atoms with Crippen LogP contribution in [0.5, 0.6) is 0 Å². The van der Waals surface area contributed by atoms with E-state index in [0.717, 1.165) is 6.08 Å². The third-order valence-electron chi connectivity index (χ3n) is 1.07. The van der Waals surface area contributed by atoms with Crippen LogP contribution >= 0.6 is 0 Å². The summed E-state index contributed by atoms with van der Waals surface area (Å²) in [6.45, 7) is 3.17. The van der Waals surface area contributed by atoms with Crippen LogP contribution in [0.1, 0.15) is 0 Å². The first-order chi connectivity index (χ1) is 5.11. The Morgan fingerprint density at radius 2 is 2.09 bits per heavy atom. The largest absolute Gasteiger partial charge is 0.374 e. The third-order valence-corrected chi connectivity index (χ3v) is 1.07. The first kappa shape index (κ1) is 10.1. The van der Waals surface area contributed by atoms with Gasteiger partial charge in [-0.15, -0.1) is 0 Å². The number of aliphatic hydroxyl groups excluding tert-OH is 2. The molecule has 0 rings (SSSR count). The van der Waals surface area contributed by atoms with Gasteiger partial charge in [0, 0.05) is 0 Å². The van der Waals surface area contributed by atoms with E-state index in [-0.39, 0.29) is 0 Å². The van der Waals surface area contributed by atoms with E-state index in [9.17, 15) is 4.79 Å². The summed E-state index contributed by atoms with van der Waals surface area (Å²) in [5.74, 6) is -0.535. The number of carbonyl (C=O) groups excluding carboxylic acids is 1. The molecule has 0 heterocycles. The fraction of sp³-hybridized carbons (Fsp3) is 0.500. The number of nitrogens with one attached hydrogen (secondary N) is 2. The molecule has 0 aliphatic heterocycles. The Labute approximate surface area is 64.7 Å². The fourth-order valence-corrected chi connectivity index (χ4v) is 0.441. The average Bonchev–Trinajstić information content (AvgIpc) is 2.02. The Hall–Kier alpha value is -0.910. The molecule has 0 aliphatic carbocycles. The maximum absolute atomic E-state index is 10.5. The zero-order chi connectivity index (χ0) is 8.85. The lowest BCUT2D eigenvalue weighted by atomic mass is 10.4. The summed E-state index contributed by atoms with van der Waals surface area (Å²) in [7, 11) is 1.45. The topological polar surface area (TPSA) is 81.6 Å². The van der Waals surface area contributed by atoms with Gasteiger partial charge in [0.25, 0.3) is 0 Å². The van der Waals surface area contributed by atoms with E-state index in [1.54, 1.807) is 0 Å². The highest BCUT2D eigenvalue weighted by atomic mass is 16.4. The van der Waals surface area contributed by atoms with Crippen molar-refractivity contribution < 1.29 is 15.0 Å². The molecule has 4 N–H and O–H groups in total. The molecule has 0 aromatic rings. The van der Waals surface area contributed by atoms with Crippen LogP contribution in [0.4, 0.5) is 0 Å². The number of hydrogen-bond donors (Lipinski definition) is 4. The first-order valence-corrected chi connectivity index (χ1v) is 3.08. The molecule has 0 saturated carbocycles. The molecule has 2 unspecified atom stereocenters. The van der Waals surface area contributed by atoms with Gasteiger partial charge in [0.1, 0.15) is 6.23 Å². The second-order valence-electron chi connectivity index (χ2n) is 1.89. The number of rotatable bonds is 4. The summed E-state index contributed by atoms with van der Waals surface area (Å²) < 4.78 is 0. The van der Waals surface area contributed by atoms with E-state index < -0.39 is 18.4 Å². The quantitative estimate of drug-likeness (QED) is 0.287. The Kier molecular flexibility index (Phi) is 4.44. The first-order valence-electron chi connectivity index (χ1n) is 3.08. The molecule has 0 saturated heterocycles. The number of likely N-dealkylation sites (N-methyl/N-ethyl adjacent to an activating group) is 1. The van der Waals surface area contributed by atoms with Crippen LogP contribution < -0.4 is 10.6 Å². The van der Waals surface area contributed by atoms with Gasteiger partial charge in [0.15, 0.2) is 6.23 Å². The summed E-state index contributed by atoms with van der Waals surface area (Å²) in [5, 5.41) is 22.2. The lowest BCUT2D eigenvalue weighted by molar-refractivity contribution is -0.122. The minimum atomic E-state index is -1.31. The number of hydrogen-bond acceptors (Lipinski definition) is 4. The number of amides is 1. The van der Waals surface area contributed by atoms with Crippen LogP contribution in [-0.4, -0.2) is 35.6 Å². The number of aliphatic hydroxyl groups is 2. The molecular weight excluding hydrogens is 148 g/mol. The van der Waals surface area contributed by atoms with Crippen molar-refractivity contribution in [3.63, 3.8) is 0 Å². The molecule has 2 atom stereocenters. The maximum Gasteiger partial charge on any atom is 0.245 e. The third kappa shape index (κ3) is 3.72. The molecule has 5 nitrogen and oxygen atoms in total. The van der Waals surface area contributed by atoms with Crippen molar-refractivity contribution in [3.8, 4) is 0 Å². The zero-order valence-corrected chi connectivity index (χ0v) is 6.24. The zero-order valence-electron chi connectivity index (χ0n) is 6.24. The summed E-state index contributed by atoms with van der Waals surface area (Å²) in [6.07, 6.45) is -1.48. The molecule has 5 heteroatoms. The molecule has 0 aliphatic rings. The summed E-state index contributed by atoms with van der Waals surface area (Å²) in [4.78, 5) is 10.5. The van der Waals surface area contributed by atoms with E-state index in [2.05, 4.69) is 17.2 Å². The van der Waals surface area contributed by atoms with Gasteiger partial charge in [0.05, 0.1) is 0 Å². The highest BCUT2D eigenvalue weighted by Crippen LogP contribution is 1.83. The highest BCUT2D eigenvalue weighted by molar-refractivity contribution is 5.86. The molecule has 0 spiro atoms. The monoisotopic (exact) mass is 160 g/mol. The van der Waals surface area contributed by atoms with Gasteiger partial charge in [-0.2, -0.15) is 0 Å². The second kappa shape index (κ2) is 4.84. The van der Waals surface area contributed by atoms with Gasteiger partial charge in [-0.3, -0.25) is 10.1 Å². The van der Waals surface area contributed by atoms with Gasteiger partial charge < -0.3 is 15.5 Å². The predicted molar refractivity (Wildman–Crippen MR) is 39.4 cm³/mol. The van der Waals surface area contributed by atoms with Crippen molar-refractivity contribution in [2.75, 3.05) is 7.05 Å². The van der Waals surface area contributed by atoms with Crippen LogP contribution in [0.3, 0.4) is 0 Å². The maximum atomic E-state index is 10.5. The van der Waals surface area contributed by atoms with Crippen molar-refractivity contribution in [1.82, 2.24) is 10.6 Å². The fourth-order valence-electron chi connectivity index (χ4n) is 0.441. The van der Waals surface area contributed by atoms with Gasteiger partial charge in [-0.25, -0.2) is 0 Å². The predicted octanol–water partition coefficient (Wildman–Crippen LogP) is -1.86. The van der Waals surface area contributed by atoms with Crippen LogP contribution in [0.15, 0.2) is 12.7 Å². The van der Waals surface area contributed by atoms with E-state index in [0.29, 0.717) is 0 Å². The lowest BCUT2D eigenvalue weighted by Crippen LogP contribution is -2.48. The van der Waals surface area contributed by atoms with E-state index in [1.165, 1.54) is 7.05 Å². The summed E-state index contributed by atoms with van der Waals surface area (Å²) in [5.41, 5.74) is 0. The van der Waals surface area contributed by atoms with Gasteiger partial charge in [-0.05, 0) is 13.1 Å². The van der Waals surface area contributed by atoms with Crippen LogP contribution in [-0.2, 0) is 4.79 Å². The van der Waals surface area contributed by atoms with Crippen LogP contribution in [0.2, 0.25) is 0 Å². The van der Waals surface area contributed by atoms with Crippen molar-refractivity contribution >= 4 is 5.91 Å². The lowest BCUT2D eigenvalue weighted by Gasteiger charge is -2.16. The Morgan fingerprint density at radius 3 is 2.45 bits per heavy atom. The van der Waals surface area contributed by atoms with Crippen molar-refractivity contribution in [2.45, 2.75) is 12.5 Å². The molecule has 0 bridgehead atoms. The Balaban J connectivity index is 3.76. The Morgan fingerprint density at radius 1 is 1.55 bits per heavy atom. The second-order valence-corrected chi connectivity index (χ2v) is 1.89. The number of carbonyl (C=O) groups is 1. The smallest absolute Gasteiger partial charge is 0.245 e. The van der Waals surface area contributed by atoms with E-state index in [4.69, 9.17) is 10.2 Å².